The van der Waals surface area contributed by atoms with E-state index in [4.69, 9.17) is 10.9 Å². The fourth-order valence-corrected chi connectivity index (χ4v) is 2.28. The average Bonchev–Trinajstić information content (AvgIpc) is 2.41. The highest BCUT2D eigenvalue weighted by Gasteiger charge is 2.24. The van der Waals surface area contributed by atoms with Crippen molar-refractivity contribution in [3.63, 3.8) is 0 Å². The maximum absolute atomic E-state index is 8.88. The van der Waals surface area contributed by atoms with Crippen molar-refractivity contribution in [2.75, 3.05) is 31.6 Å². The number of rotatable bonds is 2. The Labute approximate surface area is 113 Å². The summed E-state index contributed by atoms with van der Waals surface area (Å²) in [5, 5.41) is 12.0. The highest BCUT2D eigenvalue weighted by Crippen LogP contribution is 2.21. The quantitative estimate of drug-likeness (QED) is 0.354. The zero-order valence-corrected chi connectivity index (χ0v) is 11.7. The van der Waals surface area contributed by atoms with E-state index in [0.29, 0.717) is 11.6 Å². The summed E-state index contributed by atoms with van der Waals surface area (Å²) in [5.74, 6) is 0.907. The number of nitrogens with two attached hydrogens (primary N) is 1. The Morgan fingerprint density at radius 1 is 1.47 bits per heavy atom. The monoisotopic (exact) mass is 263 g/mol. The molecule has 104 valence electrons. The Balaban J connectivity index is 2.35. The number of hydrogen-bond acceptors (Lipinski definition) is 5. The van der Waals surface area contributed by atoms with Crippen LogP contribution in [0.15, 0.2) is 17.3 Å². The van der Waals surface area contributed by atoms with Gasteiger partial charge in [-0.05, 0) is 33.0 Å². The highest BCUT2D eigenvalue weighted by molar-refractivity contribution is 6.01. The third-order valence-corrected chi connectivity index (χ3v) is 3.66. The molecule has 1 aliphatic heterocycles. The molecule has 1 saturated heterocycles. The van der Waals surface area contributed by atoms with Crippen LogP contribution in [-0.2, 0) is 0 Å². The smallest absolute Gasteiger partial charge is 0.173 e. The molecule has 0 amide bonds. The van der Waals surface area contributed by atoms with Crippen LogP contribution in [-0.4, -0.2) is 53.7 Å². The SMILES string of the molecule is Cc1ccc(C(N)=NO)c(N2CCN(C)C(C)C2)n1. The molecule has 6 nitrogen and oxygen atoms in total. The van der Waals surface area contributed by atoms with Gasteiger partial charge >= 0.3 is 0 Å². The highest BCUT2D eigenvalue weighted by atomic mass is 16.4. The van der Waals surface area contributed by atoms with Crippen molar-refractivity contribution in [2.45, 2.75) is 19.9 Å². The Morgan fingerprint density at radius 3 is 2.84 bits per heavy atom. The number of anilines is 1. The summed E-state index contributed by atoms with van der Waals surface area (Å²) in [7, 11) is 2.12. The van der Waals surface area contributed by atoms with Crippen LogP contribution in [0, 0.1) is 6.92 Å². The molecular weight excluding hydrogens is 242 g/mol. The lowest BCUT2D eigenvalue weighted by Gasteiger charge is -2.39. The second-order valence-electron chi connectivity index (χ2n) is 5.08. The van der Waals surface area contributed by atoms with E-state index >= 15 is 0 Å². The van der Waals surface area contributed by atoms with Gasteiger partial charge < -0.3 is 20.7 Å². The molecular formula is C13H21N5O. The maximum Gasteiger partial charge on any atom is 0.173 e. The molecule has 0 aromatic carbocycles. The molecule has 1 aromatic rings. The van der Waals surface area contributed by atoms with Crippen LogP contribution in [0.25, 0.3) is 0 Å². The minimum absolute atomic E-state index is 0.106. The van der Waals surface area contributed by atoms with Crippen LogP contribution in [0.5, 0.6) is 0 Å². The Kier molecular flexibility index (Phi) is 3.90. The van der Waals surface area contributed by atoms with Gasteiger partial charge in [-0.25, -0.2) is 4.98 Å². The standard InChI is InChI=1S/C13H21N5O/c1-9-4-5-11(12(14)16-19)13(15-9)18-7-6-17(3)10(2)8-18/h4-5,10,19H,6-8H2,1-3H3,(H2,14,16). The summed E-state index contributed by atoms with van der Waals surface area (Å²) < 4.78 is 0. The lowest BCUT2D eigenvalue weighted by Crippen LogP contribution is -2.50. The Hall–Kier alpha value is -1.82. The fraction of sp³-hybridized carbons (Fsp3) is 0.538. The summed E-state index contributed by atoms with van der Waals surface area (Å²) in [5.41, 5.74) is 7.35. The van der Waals surface area contributed by atoms with E-state index in [2.05, 4.69) is 33.9 Å². The number of aromatic nitrogens is 1. The molecule has 3 N–H and O–H groups in total. The van der Waals surface area contributed by atoms with Crippen molar-refractivity contribution < 1.29 is 5.21 Å². The first-order valence-electron chi connectivity index (χ1n) is 6.43. The molecule has 19 heavy (non-hydrogen) atoms. The Bertz CT molecular complexity index is 488. The number of nitrogens with zero attached hydrogens (tertiary/aromatic N) is 4. The lowest BCUT2D eigenvalue weighted by molar-refractivity contribution is 0.233. The van der Waals surface area contributed by atoms with Crippen molar-refractivity contribution in [3.8, 4) is 0 Å². The van der Waals surface area contributed by atoms with Crippen molar-refractivity contribution in [3.05, 3.63) is 23.4 Å². The molecule has 0 saturated carbocycles. The molecule has 6 heteroatoms. The van der Waals surface area contributed by atoms with Crippen LogP contribution in [0.1, 0.15) is 18.2 Å². The van der Waals surface area contributed by atoms with E-state index < -0.39 is 0 Å². The van der Waals surface area contributed by atoms with Crippen molar-refractivity contribution in [2.24, 2.45) is 10.9 Å². The minimum Gasteiger partial charge on any atom is -0.409 e. The summed E-state index contributed by atoms with van der Waals surface area (Å²) >= 11 is 0. The molecule has 1 fully saturated rings. The van der Waals surface area contributed by atoms with Gasteiger partial charge in [0, 0.05) is 31.4 Å². The molecule has 1 aromatic heterocycles. The molecule has 1 atom stereocenters. The van der Waals surface area contributed by atoms with Crippen LogP contribution >= 0.6 is 0 Å². The Morgan fingerprint density at radius 2 is 2.21 bits per heavy atom. The van der Waals surface area contributed by atoms with Crippen LogP contribution in [0.2, 0.25) is 0 Å². The topological polar surface area (TPSA) is 78.0 Å². The van der Waals surface area contributed by atoms with Crippen molar-refractivity contribution in [1.82, 2.24) is 9.88 Å². The first-order chi connectivity index (χ1) is 9.02. The first kappa shape index (κ1) is 13.6. The third kappa shape index (κ3) is 2.78. The van der Waals surface area contributed by atoms with E-state index in [1.165, 1.54) is 0 Å². The van der Waals surface area contributed by atoms with E-state index in [-0.39, 0.29) is 5.84 Å². The predicted octanol–water partition coefficient (Wildman–Crippen LogP) is 0.625. The number of oxime groups is 1. The second-order valence-corrected chi connectivity index (χ2v) is 5.08. The molecule has 0 radical (unpaired) electrons. The van der Waals surface area contributed by atoms with Gasteiger partial charge in [0.25, 0.3) is 0 Å². The maximum atomic E-state index is 8.88. The number of hydrogen-bond donors (Lipinski definition) is 2. The normalized spacial score (nSPS) is 21.7. The second kappa shape index (κ2) is 5.44. The van der Waals surface area contributed by atoms with Crippen LogP contribution in [0.3, 0.4) is 0 Å². The fourth-order valence-electron chi connectivity index (χ4n) is 2.28. The van der Waals surface area contributed by atoms with Crippen molar-refractivity contribution >= 4 is 11.7 Å². The minimum atomic E-state index is 0.106. The number of piperazine rings is 1. The molecule has 0 aliphatic carbocycles. The molecule has 0 spiro atoms. The molecule has 0 bridgehead atoms. The van der Waals surface area contributed by atoms with Gasteiger partial charge in [0.15, 0.2) is 5.84 Å². The van der Waals surface area contributed by atoms with Gasteiger partial charge in [0.1, 0.15) is 5.82 Å². The van der Waals surface area contributed by atoms with Gasteiger partial charge in [-0.15, -0.1) is 0 Å². The summed E-state index contributed by atoms with van der Waals surface area (Å²) in [6.07, 6.45) is 0. The van der Waals surface area contributed by atoms with E-state index in [0.717, 1.165) is 31.1 Å². The van der Waals surface area contributed by atoms with Gasteiger partial charge in [-0.2, -0.15) is 0 Å². The van der Waals surface area contributed by atoms with E-state index in [1.807, 2.05) is 19.1 Å². The number of aryl methyl sites for hydroxylation is 1. The average molecular weight is 263 g/mol. The van der Waals surface area contributed by atoms with Crippen molar-refractivity contribution in [1.29, 1.82) is 0 Å². The number of pyridine rings is 1. The number of likely N-dealkylation sites (N-methyl/N-ethyl adjacent to an activating group) is 1. The summed E-state index contributed by atoms with van der Waals surface area (Å²) in [4.78, 5) is 9.08. The largest absolute Gasteiger partial charge is 0.409 e. The molecule has 2 heterocycles. The predicted molar refractivity (Wildman–Crippen MR) is 75.8 cm³/mol. The number of amidine groups is 1. The zero-order chi connectivity index (χ0) is 14.0. The molecule has 2 rings (SSSR count). The van der Waals surface area contributed by atoms with E-state index in [9.17, 15) is 0 Å². The summed E-state index contributed by atoms with van der Waals surface area (Å²) in [6.45, 7) is 6.89. The van der Waals surface area contributed by atoms with Gasteiger partial charge in [0.2, 0.25) is 0 Å². The van der Waals surface area contributed by atoms with Crippen LogP contribution in [0.4, 0.5) is 5.82 Å². The first-order valence-corrected chi connectivity index (χ1v) is 6.43. The van der Waals surface area contributed by atoms with Gasteiger partial charge in [0.05, 0.1) is 5.56 Å². The summed E-state index contributed by atoms with van der Waals surface area (Å²) in [6, 6.07) is 4.18. The van der Waals surface area contributed by atoms with Gasteiger partial charge in [-0.3, -0.25) is 0 Å². The van der Waals surface area contributed by atoms with Crippen LogP contribution < -0.4 is 10.6 Å². The third-order valence-electron chi connectivity index (χ3n) is 3.66. The zero-order valence-electron chi connectivity index (χ0n) is 11.7. The molecule has 1 aliphatic rings. The molecule has 1 unspecified atom stereocenters. The van der Waals surface area contributed by atoms with Gasteiger partial charge in [-0.1, -0.05) is 5.16 Å². The van der Waals surface area contributed by atoms with E-state index in [1.54, 1.807) is 0 Å². The lowest BCUT2D eigenvalue weighted by atomic mass is 10.1.